The Morgan fingerprint density at radius 2 is 1.68 bits per heavy atom. The molecule has 0 atom stereocenters. The summed E-state index contributed by atoms with van der Waals surface area (Å²) in [7, 11) is -3.55. The highest BCUT2D eigenvalue weighted by Gasteiger charge is 2.17. The molecule has 1 N–H and O–H groups in total. The number of hydrogen-bond donors (Lipinski definition) is 1. The van der Waals surface area contributed by atoms with E-state index in [9.17, 15) is 8.42 Å². The Morgan fingerprint density at radius 1 is 1.00 bits per heavy atom. The molecule has 0 saturated heterocycles. The quantitative estimate of drug-likeness (QED) is 0.720. The fraction of sp³-hybridized carbons (Fsp3) is 0.333. The van der Waals surface area contributed by atoms with Gasteiger partial charge in [-0.05, 0) is 67.6 Å². The van der Waals surface area contributed by atoms with Gasteiger partial charge in [0.2, 0.25) is 10.0 Å². The van der Waals surface area contributed by atoms with Crippen LogP contribution in [0, 0.1) is 0 Å². The second-order valence-corrected chi connectivity index (χ2v) is 8.69. The Labute approximate surface area is 158 Å². The van der Waals surface area contributed by atoms with E-state index in [-0.39, 0.29) is 11.9 Å². The number of anilines is 1. The zero-order chi connectivity index (χ0) is 17.9. The van der Waals surface area contributed by atoms with E-state index in [0.717, 1.165) is 18.6 Å². The predicted octanol–water partition coefficient (Wildman–Crippen LogP) is 5.26. The number of halogens is 2. The van der Waals surface area contributed by atoms with Crippen molar-refractivity contribution in [2.45, 2.75) is 37.5 Å². The van der Waals surface area contributed by atoms with Crippen molar-refractivity contribution in [3.8, 4) is 5.75 Å². The minimum atomic E-state index is -3.55. The molecule has 0 bridgehead atoms. The molecule has 0 aromatic heterocycles. The average molecular weight is 400 g/mol. The minimum Gasteiger partial charge on any atom is -0.490 e. The van der Waals surface area contributed by atoms with Gasteiger partial charge in [0.05, 0.1) is 21.9 Å². The third-order valence-corrected chi connectivity index (χ3v) is 6.07. The lowest BCUT2D eigenvalue weighted by Crippen LogP contribution is -2.15. The van der Waals surface area contributed by atoms with Gasteiger partial charge in [0.25, 0.3) is 0 Å². The van der Waals surface area contributed by atoms with Crippen LogP contribution in [-0.4, -0.2) is 14.5 Å². The zero-order valence-corrected chi connectivity index (χ0v) is 15.9. The van der Waals surface area contributed by atoms with Gasteiger partial charge >= 0.3 is 0 Å². The minimum absolute atomic E-state index is 0.176. The van der Waals surface area contributed by atoms with E-state index in [1.165, 1.54) is 12.8 Å². The third kappa shape index (κ3) is 5.27. The molecular weight excluding hydrogens is 381 g/mol. The van der Waals surface area contributed by atoms with Crippen molar-refractivity contribution in [1.82, 2.24) is 0 Å². The molecule has 0 amide bonds. The van der Waals surface area contributed by atoms with Crippen LogP contribution in [0.1, 0.15) is 31.2 Å². The Kier molecular flexibility index (Phi) is 5.77. The fourth-order valence-electron chi connectivity index (χ4n) is 2.86. The number of sulfonamides is 1. The molecule has 1 saturated carbocycles. The van der Waals surface area contributed by atoms with Gasteiger partial charge < -0.3 is 4.74 Å². The van der Waals surface area contributed by atoms with Gasteiger partial charge in [-0.2, -0.15) is 0 Å². The third-order valence-electron chi connectivity index (χ3n) is 4.07. The van der Waals surface area contributed by atoms with Crippen LogP contribution < -0.4 is 9.46 Å². The van der Waals surface area contributed by atoms with Crippen molar-refractivity contribution in [3.63, 3.8) is 0 Å². The molecule has 1 aliphatic rings. The van der Waals surface area contributed by atoms with Gasteiger partial charge in [-0.3, -0.25) is 4.72 Å². The lowest BCUT2D eigenvalue weighted by molar-refractivity contribution is 0.210. The highest BCUT2D eigenvalue weighted by Crippen LogP contribution is 2.26. The topological polar surface area (TPSA) is 55.4 Å². The summed E-state index contributed by atoms with van der Waals surface area (Å²) in [6.07, 6.45) is 4.85. The zero-order valence-electron chi connectivity index (χ0n) is 13.5. The fourth-order valence-corrected chi connectivity index (χ4v) is 4.37. The maximum atomic E-state index is 12.3. The number of nitrogens with one attached hydrogen (secondary N) is 1. The molecule has 134 valence electrons. The molecule has 2 aromatic rings. The van der Waals surface area contributed by atoms with Crippen molar-refractivity contribution >= 4 is 38.9 Å². The van der Waals surface area contributed by atoms with Gasteiger partial charge in [0, 0.05) is 5.69 Å². The van der Waals surface area contributed by atoms with Crippen LogP contribution in [0.3, 0.4) is 0 Å². The van der Waals surface area contributed by atoms with Gasteiger partial charge in [-0.15, -0.1) is 0 Å². The second-order valence-electron chi connectivity index (χ2n) is 6.16. The second kappa shape index (κ2) is 7.85. The van der Waals surface area contributed by atoms with Crippen molar-refractivity contribution in [2.75, 3.05) is 4.72 Å². The standard InChI is InChI=1S/C18H19Cl2NO3S/c19-17-10-5-13(11-18(17)20)12-25(22,23)21-14-6-8-16(9-7-14)24-15-3-1-2-4-15/h5-11,15,21H,1-4,12H2. The SMILES string of the molecule is O=S(=O)(Cc1ccc(Cl)c(Cl)c1)Nc1ccc(OC2CCCC2)cc1. The summed E-state index contributed by atoms with van der Waals surface area (Å²) in [5.41, 5.74) is 1.07. The Morgan fingerprint density at radius 3 is 2.32 bits per heavy atom. The molecule has 1 fully saturated rings. The summed E-state index contributed by atoms with van der Waals surface area (Å²) in [4.78, 5) is 0. The molecular formula is C18H19Cl2NO3S. The van der Waals surface area contributed by atoms with Gasteiger partial charge in [-0.25, -0.2) is 8.42 Å². The number of rotatable bonds is 6. The molecule has 0 unspecified atom stereocenters. The lowest BCUT2D eigenvalue weighted by Gasteiger charge is -2.14. The molecule has 3 rings (SSSR count). The smallest absolute Gasteiger partial charge is 0.236 e. The van der Waals surface area contributed by atoms with Gasteiger partial charge in [-0.1, -0.05) is 29.3 Å². The first-order chi connectivity index (χ1) is 11.9. The van der Waals surface area contributed by atoms with E-state index in [2.05, 4.69) is 4.72 Å². The van der Waals surface area contributed by atoms with Gasteiger partial charge in [0.1, 0.15) is 5.75 Å². The van der Waals surface area contributed by atoms with E-state index in [1.807, 2.05) is 0 Å². The van der Waals surface area contributed by atoms with Crippen LogP contribution in [0.5, 0.6) is 5.75 Å². The van der Waals surface area contributed by atoms with Crippen molar-refractivity contribution in [2.24, 2.45) is 0 Å². The van der Waals surface area contributed by atoms with Crippen LogP contribution in [0.4, 0.5) is 5.69 Å². The number of benzene rings is 2. The number of ether oxygens (including phenoxy) is 1. The van der Waals surface area contributed by atoms with Crippen LogP contribution >= 0.6 is 23.2 Å². The molecule has 0 radical (unpaired) electrons. The molecule has 7 heteroatoms. The predicted molar refractivity (Wildman–Crippen MR) is 102 cm³/mol. The molecule has 2 aromatic carbocycles. The first kappa shape index (κ1) is 18.4. The molecule has 4 nitrogen and oxygen atoms in total. The number of hydrogen-bond acceptors (Lipinski definition) is 3. The van der Waals surface area contributed by atoms with E-state index >= 15 is 0 Å². The van der Waals surface area contributed by atoms with Crippen molar-refractivity contribution in [3.05, 3.63) is 58.1 Å². The molecule has 0 aliphatic heterocycles. The van der Waals surface area contributed by atoms with E-state index < -0.39 is 10.0 Å². The Hall–Kier alpha value is -1.43. The van der Waals surface area contributed by atoms with E-state index in [0.29, 0.717) is 21.3 Å². The summed E-state index contributed by atoms with van der Waals surface area (Å²) >= 11 is 11.8. The van der Waals surface area contributed by atoms with Crippen molar-refractivity contribution < 1.29 is 13.2 Å². The van der Waals surface area contributed by atoms with Crippen molar-refractivity contribution in [1.29, 1.82) is 0 Å². The monoisotopic (exact) mass is 399 g/mol. The summed E-state index contributed by atoms with van der Waals surface area (Å²) in [6, 6.07) is 11.8. The van der Waals surface area contributed by atoms with E-state index in [4.69, 9.17) is 27.9 Å². The molecule has 1 aliphatic carbocycles. The normalized spacial score (nSPS) is 15.3. The Balaban J connectivity index is 1.62. The summed E-state index contributed by atoms with van der Waals surface area (Å²) in [5.74, 6) is 0.587. The molecule has 0 spiro atoms. The van der Waals surface area contributed by atoms with E-state index in [1.54, 1.807) is 42.5 Å². The maximum absolute atomic E-state index is 12.3. The van der Waals surface area contributed by atoms with Crippen LogP contribution in [0.25, 0.3) is 0 Å². The first-order valence-corrected chi connectivity index (χ1v) is 10.5. The molecule has 25 heavy (non-hydrogen) atoms. The maximum Gasteiger partial charge on any atom is 0.236 e. The highest BCUT2D eigenvalue weighted by molar-refractivity contribution is 7.91. The first-order valence-electron chi connectivity index (χ1n) is 8.12. The summed E-state index contributed by atoms with van der Waals surface area (Å²) in [5, 5.41) is 0.733. The average Bonchev–Trinajstić information content (AvgIpc) is 3.05. The van der Waals surface area contributed by atoms with Crippen LogP contribution in [0.2, 0.25) is 10.0 Å². The summed E-state index contributed by atoms with van der Waals surface area (Å²) in [6.45, 7) is 0. The summed E-state index contributed by atoms with van der Waals surface area (Å²) < 4.78 is 33.1. The molecule has 0 heterocycles. The lowest BCUT2D eigenvalue weighted by atomic mass is 10.2. The van der Waals surface area contributed by atoms with Crippen LogP contribution in [0.15, 0.2) is 42.5 Å². The van der Waals surface area contributed by atoms with Gasteiger partial charge in [0.15, 0.2) is 0 Å². The largest absolute Gasteiger partial charge is 0.490 e. The Bertz CT molecular complexity index is 832. The van der Waals surface area contributed by atoms with Crippen LogP contribution in [-0.2, 0) is 15.8 Å². The highest BCUT2D eigenvalue weighted by atomic mass is 35.5.